The van der Waals surface area contributed by atoms with Gasteiger partial charge in [0.1, 0.15) is 0 Å². The van der Waals surface area contributed by atoms with Crippen molar-refractivity contribution in [3.8, 4) is 0 Å². The van der Waals surface area contributed by atoms with Gasteiger partial charge in [-0.05, 0) is 42.1 Å². The highest BCUT2D eigenvalue weighted by Gasteiger charge is 2.06. The normalized spacial score (nSPS) is 10.5. The summed E-state index contributed by atoms with van der Waals surface area (Å²) in [7, 11) is 0. The van der Waals surface area contributed by atoms with Crippen molar-refractivity contribution in [3.63, 3.8) is 0 Å². The van der Waals surface area contributed by atoms with E-state index in [1.54, 1.807) is 31.2 Å². The summed E-state index contributed by atoms with van der Waals surface area (Å²) in [6.45, 7) is 2.12. The van der Waals surface area contributed by atoms with Gasteiger partial charge in [0, 0.05) is 11.8 Å². The lowest BCUT2D eigenvalue weighted by Crippen LogP contribution is -2.09. The Bertz CT molecular complexity index is 630. The number of carbonyl (C=O) groups is 2. The lowest BCUT2D eigenvalue weighted by Gasteiger charge is -2.03. The van der Waals surface area contributed by atoms with E-state index in [4.69, 9.17) is 4.74 Å². The Morgan fingerprint density at radius 1 is 1.24 bits per heavy atom. The van der Waals surface area contributed by atoms with Crippen LogP contribution in [-0.4, -0.2) is 18.5 Å². The summed E-state index contributed by atoms with van der Waals surface area (Å²) in [5.41, 5.74) is 1.57. The number of ether oxygens (including phenoxy) is 1. The molecule has 0 atom stereocenters. The van der Waals surface area contributed by atoms with Crippen LogP contribution in [0.2, 0.25) is 0 Å². The zero-order valence-corrected chi connectivity index (χ0v) is 12.4. The zero-order chi connectivity index (χ0) is 15.1. The van der Waals surface area contributed by atoms with Crippen LogP contribution in [-0.2, 0) is 9.53 Å². The van der Waals surface area contributed by atoms with Crippen LogP contribution in [0.1, 0.15) is 22.2 Å². The average Bonchev–Trinajstić information content (AvgIpc) is 3.01. The molecule has 1 aromatic carbocycles. The van der Waals surface area contributed by atoms with Gasteiger partial charge in [-0.25, -0.2) is 4.79 Å². The van der Waals surface area contributed by atoms with Gasteiger partial charge in [0.2, 0.25) is 0 Å². The Kier molecular flexibility index (Phi) is 5.29. The molecule has 0 saturated carbocycles. The molecule has 1 N–H and O–H groups in total. The molecule has 1 aromatic heterocycles. The minimum atomic E-state index is -0.368. The molecule has 2 rings (SSSR count). The highest BCUT2D eigenvalue weighted by atomic mass is 32.1. The third-order valence-electron chi connectivity index (χ3n) is 2.61. The molecular formula is C16H15NO3S. The molecule has 2 aromatic rings. The summed E-state index contributed by atoms with van der Waals surface area (Å²) in [5.74, 6) is -0.493. The smallest absolute Gasteiger partial charge is 0.330 e. The van der Waals surface area contributed by atoms with Crippen LogP contribution < -0.4 is 5.32 Å². The second-order valence-electron chi connectivity index (χ2n) is 4.14. The van der Waals surface area contributed by atoms with Gasteiger partial charge in [-0.3, -0.25) is 4.79 Å². The fourth-order valence-electron chi connectivity index (χ4n) is 1.63. The first-order chi connectivity index (χ1) is 10.2. The maximum absolute atomic E-state index is 11.9. The van der Waals surface area contributed by atoms with E-state index >= 15 is 0 Å². The molecule has 4 nitrogen and oxygen atoms in total. The van der Waals surface area contributed by atoms with Gasteiger partial charge in [-0.15, -0.1) is 11.3 Å². The molecule has 0 spiro atoms. The van der Waals surface area contributed by atoms with Crippen molar-refractivity contribution in [2.75, 3.05) is 11.9 Å². The third kappa shape index (κ3) is 4.57. The number of carbonyl (C=O) groups excluding carboxylic acids is 2. The first kappa shape index (κ1) is 15.0. The highest BCUT2D eigenvalue weighted by molar-refractivity contribution is 7.12. The van der Waals surface area contributed by atoms with Gasteiger partial charge in [0.05, 0.1) is 11.5 Å². The number of thiophene rings is 1. The van der Waals surface area contributed by atoms with Gasteiger partial charge < -0.3 is 10.1 Å². The van der Waals surface area contributed by atoms with Gasteiger partial charge in [0.15, 0.2) is 0 Å². The molecule has 1 amide bonds. The van der Waals surface area contributed by atoms with Gasteiger partial charge in [0.25, 0.3) is 5.91 Å². The maximum Gasteiger partial charge on any atom is 0.330 e. The van der Waals surface area contributed by atoms with Gasteiger partial charge in [-0.2, -0.15) is 0 Å². The number of benzene rings is 1. The van der Waals surface area contributed by atoms with E-state index in [1.807, 2.05) is 23.6 Å². The van der Waals surface area contributed by atoms with E-state index in [0.717, 1.165) is 5.56 Å². The van der Waals surface area contributed by atoms with Gasteiger partial charge in [-0.1, -0.05) is 18.2 Å². The minimum absolute atomic E-state index is 0.125. The Labute approximate surface area is 127 Å². The topological polar surface area (TPSA) is 55.4 Å². The lowest BCUT2D eigenvalue weighted by atomic mass is 10.2. The fraction of sp³-hybridized carbons (Fsp3) is 0.125. The standard InChI is InChI=1S/C16H15NO3S/c1-2-20-15(18)10-7-12-5-8-13(9-6-12)17-16(19)14-4-3-11-21-14/h3-11H,2H2,1H3,(H,17,19)/b10-7+. The van der Waals surface area contributed by atoms with Crippen LogP contribution in [0.5, 0.6) is 0 Å². The summed E-state index contributed by atoms with van der Waals surface area (Å²) in [5, 5.41) is 4.67. The van der Waals surface area contributed by atoms with Crippen LogP contribution in [0.4, 0.5) is 5.69 Å². The van der Waals surface area contributed by atoms with Crippen LogP contribution in [0.25, 0.3) is 6.08 Å². The first-order valence-electron chi connectivity index (χ1n) is 6.49. The Morgan fingerprint density at radius 3 is 2.62 bits per heavy atom. The van der Waals surface area contributed by atoms with Crippen LogP contribution in [0.3, 0.4) is 0 Å². The van der Waals surface area contributed by atoms with E-state index in [9.17, 15) is 9.59 Å². The third-order valence-corrected chi connectivity index (χ3v) is 3.48. The molecular weight excluding hydrogens is 286 g/mol. The second kappa shape index (κ2) is 7.40. The molecule has 0 bridgehead atoms. The molecule has 108 valence electrons. The second-order valence-corrected chi connectivity index (χ2v) is 5.09. The monoisotopic (exact) mass is 301 g/mol. The molecule has 0 saturated heterocycles. The predicted octanol–water partition coefficient (Wildman–Crippen LogP) is 3.58. The van der Waals surface area contributed by atoms with E-state index in [2.05, 4.69) is 5.32 Å². The molecule has 0 radical (unpaired) electrons. The summed E-state index contributed by atoms with van der Waals surface area (Å²) in [6, 6.07) is 10.8. The number of amides is 1. The molecule has 0 unspecified atom stereocenters. The number of nitrogens with one attached hydrogen (secondary N) is 1. The van der Waals surface area contributed by atoms with Crippen molar-refractivity contribution in [1.82, 2.24) is 0 Å². The Hall–Kier alpha value is -2.40. The predicted molar refractivity (Wildman–Crippen MR) is 84.4 cm³/mol. The molecule has 1 heterocycles. The first-order valence-corrected chi connectivity index (χ1v) is 7.37. The Balaban J connectivity index is 1.96. The maximum atomic E-state index is 11.9. The lowest BCUT2D eigenvalue weighted by molar-refractivity contribution is -0.137. The van der Waals surface area contributed by atoms with Gasteiger partial charge >= 0.3 is 5.97 Å². The SMILES string of the molecule is CCOC(=O)/C=C/c1ccc(NC(=O)c2cccs2)cc1. The summed E-state index contributed by atoms with van der Waals surface area (Å²) in [4.78, 5) is 23.7. The number of hydrogen-bond acceptors (Lipinski definition) is 4. The average molecular weight is 301 g/mol. The zero-order valence-electron chi connectivity index (χ0n) is 11.5. The van der Waals surface area contributed by atoms with Crippen LogP contribution in [0.15, 0.2) is 47.9 Å². The van der Waals surface area contributed by atoms with Crippen molar-refractivity contribution in [2.24, 2.45) is 0 Å². The fourth-order valence-corrected chi connectivity index (χ4v) is 2.25. The number of rotatable bonds is 5. The molecule has 21 heavy (non-hydrogen) atoms. The number of anilines is 1. The number of hydrogen-bond donors (Lipinski definition) is 1. The van der Waals surface area contributed by atoms with E-state index in [1.165, 1.54) is 17.4 Å². The molecule has 0 aliphatic rings. The molecule has 0 aliphatic heterocycles. The van der Waals surface area contributed by atoms with Crippen LogP contribution in [0, 0.1) is 0 Å². The number of esters is 1. The summed E-state index contributed by atoms with van der Waals surface area (Å²) >= 11 is 1.39. The quantitative estimate of drug-likeness (QED) is 0.678. The van der Waals surface area contributed by atoms with Crippen molar-refractivity contribution in [2.45, 2.75) is 6.92 Å². The summed E-state index contributed by atoms with van der Waals surface area (Å²) < 4.78 is 4.80. The van der Waals surface area contributed by atoms with Crippen molar-refractivity contribution >= 4 is 35.0 Å². The Morgan fingerprint density at radius 2 is 2.00 bits per heavy atom. The van der Waals surface area contributed by atoms with Crippen molar-refractivity contribution in [3.05, 3.63) is 58.3 Å². The van der Waals surface area contributed by atoms with E-state index < -0.39 is 0 Å². The van der Waals surface area contributed by atoms with Crippen LogP contribution >= 0.6 is 11.3 Å². The molecule has 0 aliphatic carbocycles. The highest BCUT2D eigenvalue weighted by Crippen LogP contribution is 2.14. The van der Waals surface area contributed by atoms with E-state index in [-0.39, 0.29) is 11.9 Å². The van der Waals surface area contributed by atoms with E-state index in [0.29, 0.717) is 17.2 Å². The van der Waals surface area contributed by atoms with Crippen molar-refractivity contribution < 1.29 is 14.3 Å². The van der Waals surface area contributed by atoms with Crippen molar-refractivity contribution in [1.29, 1.82) is 0 Å². The summed E-state index contributed by atoms with van der Waals surface area (Å²) in [6.07, 6.45) is 3.05. The largest absolute Gasteiger partial charge is 0.463 e. The minimum Gasteiger partial charge on any atom is -0.463 e. The molecule has 0 fully saturated rings. The molecule has 5 heteroatoms.